The van der Waals surface area contributed by atoms with Gasteiger partial charge in [0.25, 0.3) is 0 Å². The van der Waals surface area contributed by atoms with Crippen molar-refractivity contribution in [3.63, 3.8) is 0 Å². The Morgan fingerprint density at radius 3 is 2.39 bits per heavy atom. The van der Waals surface area contributed by atoms with Crippen molar-refractivity contribution in [3.05, 3.63) is 72.4 Å². The van der Waals surface area contributed by atoms with Crippen LogP contribution in [0.5, 0.6) is 5.75 Å². The van der Waals surface area contributed by atoms with E-state index < -0.39 is 0 Å². The van der Waals surface area contributed by atoms with Crippen LogP contribution in [-0.2, 0) is 20.8 Å². The standard InChI is InChI=1S/C31H34N2O5/c1-3-37-31(35)29-28(32-19-16-23(17-20-32)30(34)36-2)25-13-6-7-14-26(25)33(29)18-9-21-38-27-15-8-11-22-10-4-5-12-24(22)27/h4-8,10-15,23H,3,9,16-21H2,1-2H3. The van der Waals surface area contributed by atoms with Gasteiger partial charge in [0.15, 0.2) is 5.69 Å². The molecule has 1 saturated heterocycles. The van der Waals surface area contributed by atoms with Gasteiger partial charge in [0.2, 0.25) is 0 Å². The Morgan fingerprint density at radius 1 is 0.921 bits per heavy atom. The third-order valence-electron chi connectivity index (χ3n) is 7.29. The maximum atomic E-state index is 13.3. The van der Waals surface area contributed by atoms with Crippen molar-refractivity contribution >= 4 is 39.3 Å². The van der Waals surface area contributed by atoms with Gasteiger partial charge in [-0.25, -0.2) is 4.79 Å². The Kier molecular flexibility index (Phi) is 7.82. The van der Waals surface area contributed by atoms with Gasteiger partial charge in [0.1, 0.15) is 5.75 Å². The minimum atomic E-state index is -0.330. The number of anilines is 1. The van der Waals surface area contributed by atoms with E-state index in [9.17, 15) is 9.59 Å². The molecule has 0 radical (unpaired) electrons. The van der Waals surface area contributed by atoms with Crippen LogP contribution >= 0.6 is 0 Å². The molecule has 1 aliphatic rings. The fraction of sp³-hybridized carbons (Fsp3) is 0.355. The average molecular weight is 515 g/mol. The molecular formula is C31H34N2O5. The van der Waals surface area contributed by atoms with Crippen molar-refractivity contribution in [1.82, 2.24) is 4.57 Å². The van der Waals surface area contributed by atoms with Gasteiger partial charge in [-0.3, -0.25) is 4.79 Å². The minimum absolute atomic E-state index is 0.109. The largest absolute Gasteiger partial charge is 0.493 e. The fourth-order valence-corrected chi connectivity index (χ4v) is 5.48. The first-order valence-electron chi connectivity index (χ1n) is 13.3. The van der Waals surface area contributed by atoms with E-state index >= 15 is 0 Å². The summed E-state index contributed by atoms with van der Waals surface area (Å²) >= 11 is 0. The Bertz CT molecular complexity index is 1430. The molecule has 1 aliphatic heterocycles. The molecule has 7 nitrogen and oxygen atoms in total. The first kappa shape index (κ1) is 25.6. The average Bonchev–Trinajstić information content (AvgIpc) is 3.29. The van der Waals surface area contributed by atoms with E-state index in [0.717, 1.165) is 39.5 Å². The lowest BCUT2D eigenvalue weighted by molar-refractivity contribution is -0.146. The Hall–Kier alpha value is -4.00. The number of hydrogen-bond acceptors (Lipinski definition) is 6. The van der Waals surface area contributed by atoms with Gasteiger partial charge in [-0.2, -0.15) is 0 Å². The molecule has 0 unspecified atom stereocenters. The lowest BCUT2D eigenvalue weighted by atomic mass is 9.96. The van der Waals surface area contributed by atoms with Crippen molar-refractivity contribution in [3.8, 4) is 5.75 Å². The van der Waals surface area contributed by atoms with Crippen LogP contribution in [0.15, 0.2) is 66.7 Å². The number of nitrogens with zero attached hydrogens (tertiary/aromatic N) is 2. The molecule has 0 atom stereocenters. The number of carbonyl (C=O) groups is 2. The number of aryl methyl sites for hydroxylation is 1. The highest BCUT2D eigenvalue weighted by molar-refractivity contribution is 6.07. The monoisotopic (exact) mass is 514 g/mol. The molecule has 0 bridgehead atoms. The number of esters is 2. The van der Waals surface area contributed by atoms with Gasteiger partial charge in [-0.1, -0.05) is 54.6 Å². The van der Waals surface area contributed by atoms with Gasteiger partial charge in [0.05, 0.1) is 37.4 Å². The number of ether oxygens (including phenoxy) is 3. The summed E-state index contributed by atoms with van der Waals surface area (Å²) in [6, 6.07) is 22.4. The molecule has 5 rings (SSSR count). The molecule has 4 aromatic rings. The molecule has 2 heterocycles. The van der Waals surface area contributed by atoms with Crippen LogP contribution in [0.1, 0.15) is 36.7 Å². The smallest absolute Gasteiger partial charge is 0.357 e. The van der Waals surface area contributed by atoms with E-state index in [1.165, 1.54) is 7.11 Å². The third kappa shape index (κ3) is 5.05. The number of benzene rings is 3. The van der Waals surface area contributed by atoms with E-state index in [1.807, 2.05) is 49.4 Å². The molecule has 1 fully saturated rings. The van der Waals surface area contributed by atoms with Crippen LogP contribution in [0.4, 0.5) is 5.69 Å². The summed E-state index contributed by atoms with van der Waals surface area (Å²) in [4.78, 5) is 27.6. The molecule has 3 aromatic carbocycles. The highest BCUT2D eigenvalue weighted by Crippen LogP contribution is 2.37. The van der Waals surface area contributed by atoms with Crippen molar-refractivity contribution in [2.75, 3.05) is 38.3 Å². The van der Waals surface area contributed by atoms with Gasteiger partial charge >= 0.3 is 11.9 Å². The second kappa shape index (κ2) is 11.6. The zero-order valence-corrected chi connectivity index (χ0v) is 22.0. The molecule has 0 spiro atoms. The van der Waals surface area contributed by atoms with Gasteiger partial charge in [0, 0.05) is 30.4 Å². The number of piperidine rings is 1. The summed E-state index contributed by atoms with van der Waals surface area (Å²) in [5, 5.41) is 3.25. The van der Waals surface area contributed by atoms with Crippen LogP contribution in [0, 0.1) is 5.92 Å². The van der Waals surface area contributed by atoms with Gasteiger partial charge in [-0.15, -0.1) is 0 Å². The van der Waals surface area contributed by atoms with Crippen LogP contribution in [0.25, 0.3) is 21.7 Å². The zero-order valence-electron chi connectivity index (χ0n) is 22.0. The summed E-state index contributed by atoms with van der Waals surface area (Å²) in [6.45, 7) is 4.59. The number of fused-ring (bicyclic) bond motifs is 2. The maximum Gasteiger partial charge on any atom is 0.357 e. The number of aromatic nitrogens is 1. The Labute approximate surface area is 222 Å². The lowest BCUT2D eigenvalue weighted by Gasteiger charge is -2.32. The second-order valence-corrected chi connectivity index (χ2v) is 9.55. The Balaban J connectivity index is 1.41. The molecule has 38 heavy (non-hydrogen) atoms. The predicted octanol–water partition coefficient (Wildman–Crippen LogP) is 5.83. The highest BCUT2D eigenvalue weighted by atomic mass is 16.5. The van der Waals surface area contributed by atoms with Crippen LogP contribution in [0.3, 0.4) is 0 Å². The molecule has 0 saturated carbocycles. The number of methoxy groups -OCH3 is 1. The molecule has 1 aromatic heterocycles. The first-order chi connectivity index (χ1) is 18.6. The van der Waals surface area contributed by atoms with Gasteiger partial charge < -0.3 is 23.7 Å². The quantitative estimate of drug-likeness (QED) is 0.207. The van der Waals surface area contributed by atoms with E-state index in [1.54, 1.807) is 0 Å². The Morgan fingerprint density at radius 2 is 1.63 bits per heavy atom. The summed E-state index contributed by atoms with van der Waals surface area (Å²) < 4.78 is 18.8. The molecule has 0 N–H and O–H groups in total. The van der Waals surface area contributed by atoms with Crippen molar-refractivity contribution in [2.45, 2.75) is 32.7 Å². The van der Waals surface area contributed by atoms with Crippen LogP contribution < -0.4 is 9.64 Å². The maximum absolute atomic E-state index is 13.3. The molecule has 0 aliphatic carbocycles. The number of para-hydroxylation sites is 1. The SMILES string of the molecule is CCOC(=O)c1c(N2CCC(C(=O)OC)CC2)c2ccccc2n1CCCOc1cccc2ccccc12. The zero-order chi connectivity index (χ0) is 26.5. The summed E-state index contributed by atoms with van der Waals surface area (Å²) in [7, 11) is 1.44. The van der Waals surface area contributed by atoms with Crippen LogP contribution in [0.2, 0.25) is 0 Å². The molecule has 7 heteroatoms. The molecule has 0 amide bonds. The number of carbonyl (C=O) groups excluding carboxylic acids is 2. The van der Waals surface area contributed by atoms with E-state index in [0.29, 0.717) is 51.4 Å². The number of hydrogen-bond donors (Lipinski definition) is 0. The molecular weight excluding hydrogens is 480 g/mol. The summed E-state index contributed by atoms with van der Waals surface area (Å²) in [5.74, 6) is 0.259. The third-order valence-corrected chi connectivity index (χ3v) is 7.29. The number of rotatable bonds is 9. The van der Waals surface area contributed by atoms with Crippen molar-refractivity contribution in [2.24, 2.45) is 5.92 Å². The normalized spacial score (nSPS) is 14.1. The van der Waals surface area contributed by atoms with E-state index in [-0.39, 0.29) is 17.9 Å². The lowest BCUT2D eigenvalue weighted by Crippen LogP contribution is -2.37. The van der Waals surface area contributed by atoms with E-state index in [4.69, 9.17) is 14.2 Å². The predicted molar refractivity (Wildman–Crippen MR) is 149 cm³/mol. The summed E-state index contributed by atoms with van der Waals surface area (Å²) in [5.41, 5.74) is 2.44. The summed E-state index contributed by atoms with van der Waals surface area (Å²) in [6.07, 6.45) is 2.10. The van der Waals surface area contributed by atoms with E-state index in [2.05, 4.69) is 33.7 Å². The van der Waals surface area contributed by atoms with Crippen LogP contribution in [-0.4, -0.2) is 49.9 Å². The minimum Gasteiger partial charge on any atom is -0.493 e. The topological polar surface area (TPSA) is 70.0 Å². The van der Waals surface area contributed by atoms with Crippen molar-refractivity contribution in [1.29, 1.82) is 0 Å². The second-order valence-electron chi connectivity index (χ2n) is 9.55. The fourth-order valence-electron chi connectivity index (χ4n) is 5.48. The highest BCUT2D eigenvalue weighted by Gasteiger charge is 2.32. The van der Waals surface area contributed by atoms with Gasteiger partial charge in [-0.05, 0) is 43.7 Å². The van der Waals surface area contributed by atoms with Crippen molar-refractivity contribution < 1.29 is 23.8 Å². The molecule has 198 valence electrons. The first-order valence-corrected chi connectivity index (χ1v) is 13.3.